The molecule has 2 atom stereocenters. The maximum atomic E-state index is 14.8. The quantitative estimate of drug-likeness (QED) is 0.598. The summed E-state index contributed by atoms with van der Waals surface area (Å²) in [7, 11) is -4.00. The third kappa shape index (κ3) is 3.11. The third-order valence-electron chi connectivity index (χ3n) is 5.52. The second-order valence-electron chi connectivity index (χ2n) is 6.83. The molecule has 0 saturated heterocycles. The SMILES string of the molecule is CC.O=S(=O)(c1ccc(Cl)cc1)[C@@]12CCCCC1COc1c(F)ccc(F)c12. The van der Waals surface area contributed by atoms with E-state index < -0.39 is 32.1 Å². The van der Waals surface area contributed by atoms with Gasteiger partial charge in [-0.1, -0.05) is 38.3 Å². The molecule has 7 heteroatoms. The van der Waals surface area contributed by atoms with Gasteiger partial charge in [-0.25, -0.2) is 17.2 Å². The molecule has 0 amide bonds. The predicted octanol–water partition coefficient (Wildman–Crippen LogP) is 5.90. The number of sulfone groups is 1. The average Bonchev–Trinajstić information content (AvgIpc) is 2.72. The van der Waals surface area contributed by atoms with Gasteiger partial charge in [0.25, 0.3) is 0 Å². The highest BCUT2D eigenvalue weighted by Gasteiger charge is 2.58. The number of ether oxygens (including phenoxy) is 1. The highest BCUT2D eigenvalue weighted by atomic mass is 35.5. The fourth-order valence-electron chi connectivity index (χ4n) is 4.33. The average molecular weight is 429 g/mol. The number of halogens is 3. The van der Waals surface area contributed by atoms with Crippen LogP contribution in [0.15, 0.2) is 41.3 Å². The molecule has 0 aromatic heterocycles. The zero-order valence-corrected chi connectivity index (χ0v) is 17.4. The van der Waals surface area contributed by atoms with Crippen LogP contribution in [0, 0.1) is 17.6 Å². The fourth-order valence-corrected chi connectivity index (χ4v) is 6.87. The molecular formula is C21H23ClF2O3S. The Morgan fingerprint density at radius 1 is 1.04 bits per heavy atom. The van der Waals surface area contributed by atoms with Gasteiger partial charge in [-0.3, -0.25) is 0 Å². The fraction of sp³-hybridized carbons (Fsp3) is 0.429. The number of hydrogen-bond acceptors (Lipinski definition) is 3. The van der Waals surface area contributed by atoms with Crippen molar-refractivity contribution in [2.75, 3.05) is 6.61 Å². The summed E-state index contributed by atoms with van der Waals surface area (Å²) in [6.07, 6.45) is 2.28. The van der Waals surface area contributed by atoms with E-state index in [0.717, 1.165) is 18.6 Å². The van der Waals surface area contributed by atoms with Gasteiger partial charge >= 0.3 is 0 Å². The standard InChI is InChI=1S/C19H17ClF2O3S.C2H6/c20-13-4-6-14(7-5-13)26(23,24)19-10-2-1-3-12(19)11-25-18-16(22)9-8-15(21)17(18)19;1-2/h4-9,12H,1-3,10-11H2;1-2H3/t12?,19-;/m0./s1. The summed E-state index contributed by atoms with van der Waals surface area (Å²) in [5.41, 5.74) is -0.164. The molecule has 152 valence electrons. The smallest absolute Gasteiger partial charge is 0.188 e. The van der Waals surface area contributed by atoms with Crippen LogP contribution in [0.1, 0.15) is 45.1 Å². The Balaban J connectivity index is 0.00000109. The van der Waals surface area contributed by atoms with Crippen LogP contribution in [-0.4, -0.2) is 15.0 Å². The Morgan fingerprint density at radius 2 is 1.68 bits per heavy atom. The van der Waals surface area contributed by atoms with E-state index in [0.29, 0.717) is 17.9 Å². The topological polar surface area (TPSA) is 43.4 Å². The van der Waals surface area contributed by atoms with Gasteiger partial charge in [0.1, 0.15) is 10.6 Å². The highest BCUT2D eigenvalue weighted by molar-refractivity contribution is 7.92. The monoisotopic (exact) mass is 428 g/mol. The first kappa shape index (κ1) is 21.1. The molecule has 2 aromatic rings. The van der Waals surface area contributed by atoms with Crippen LogP contribution < -0.4 is 4.74 Å². The molecule has 2 aliphatic rings. The van der Waals surface area contributed by atoms with Gasteiger partial charge in [-0.2, -0.15) is 0 Å². The van der Waals surface area contributed by atoms with Gasteiger partial charge in [-0.15, -0.1) is 0 Å². The van der Waals surface area contributed by atoms with Crippen molar-refractivity contribution >= 4 is 21.4 Å². The van der Waals surface area contributed by atoms with Gasteiger partial charge in [0.15, 0.2) is 21.4 Å². The summed E-state index contributed by atoms with van der Waals surface area (Å²) in [5, 5.41) is 0.409. The molecule has 0 N–H and O–H groups in total. The van der Waals surface area contributed by atoms with Gasteiger partial charge in [0.2, 0.25) is 0 Å². The van der Waals surface area contributed by atoms with E-state index in [1.807, 2.05) is 13.8 Å². The van der Waals surface area contributed by atoms with Gasteiger partial charge in [0.05, 0.1) is 17.1 Å². The van der Waals surface area contributed by atoms with Crippen molar-refractivity contribution in [2.24, 2.45) is 5.92 Å². The van der Waals surface area contributed by atoms with Crippen LogP contribution in [0.2, 0.25) is 5.02 Å². The lowest BCUT2D eigenvalue weighted by Gasteiger charge is -2.47. The molecule has 1 fully saturated rings. The lowest BCUT2D eigenvalue weighted by molar-refractivity contribution is 0.124. The zero-order valence-electron chi connectivity index (χ0n) is 15.8. The summed E-state index contributed by atoms with van der Waals surface area (Å²) in [6.45, 7) is 4.06. The first-order valence-corrected chi connectivity index (χ1v) is 11.4. The Labute approximate surface area is 169 Å². The minimum absolute atomic E-state index is 0.0557. The second-order valence-corrected chi connectivity index (χ2v) is 9.48. The van der Waals surface area contributed by atoms with E-state index in [-0.39, 0.29) is 29.2 Å². The van der Waals surface area contributed by atoms with Gasteiger partial charge < -0.3 is 4.74 Å². The van der Waals surface area contributed by atoms with Crippen molar-refractivity contribution in [3.05, 3.63) is 58.6 Å². The maximum Gasteiger partial charge on any atom is 0.188 e. The van der Waals surface area contributed by atoms with Crippen LogP contribution in [0.3, 0.4) is 0 Å². The molecule has 3 nitrogen and oxygen atoms in total. The molecule has 0 radical (unpaired) electrons. The van der Waals surface area contributed by atoms with E-state index in [9.17, 15) is 17.2 Å². The molecule has 0 spiro atoms. The first-order chi connectivity index (χ1) is 13.4. The lowest BCUT2D eigenvalue weighted by Crippen LogP contribution is -2.50. The molecule has 28 heavy (non-hydrogen) atoms. The number of hydrogen-bond donors (Lipinski definition) is 0. The summed E-state index contributed by atoms with van der Waals surface area (Å²) >= 11 is 5.89. The number of rotatable bonds is 2. The van der Waals surface area contributed by atoms with Crippen molar-refractivity contribution in [3.8, 4) is 5.75 Å². The lowest BCUT2D eigenvalue weighted by atomic mass is 9.73. The van der Waals surface area contributed by atoms with Crippen molar-refractivity contribution in [2.45, 2.75) is 49.2 Å². The van der Waals surface area contributed by atoms with Crippen LogP contribution in [-0.2, 0) is 14.6 Å². The van der Waals surface area contributed by atoms with Gasteiger partial charge in [0, 0.05) is 10.9 Å². The van der Waals surface area contributed by atoms with Crippen LogP contribution in [0.4, 0.5) is 8.78 Å². The van der Waals surface area contributed by atoms with Crippen LogP contribution >= 0.6 is 11.6 Å². The minimum atomic E-state index is -4.00. The molecular weight excluding hydrogens is 406 g/mol. The molecule has 1 aliphatic carbocycles. The van der Waals surface area contributed by atoms with E-state index >= 15 is 0 Å². The largest absolute Gasteiger partial charge is 0.490 e. The summed E-state index contributed by atoms with van der Waals surface area (Å²) < 4.78 is 60.5. The molecule has 2 aromatic carbocycles. The Hall–Kier alpha value is -1.66. The van der Waals surface area contributed by atoms with E-state index in [2.05, 4.69) is 0 Å². The number of benzene rings is 2. The second kappa shape index (κ2) is 7.99. The van der Waals surface area contributed by atoms with E-state index in [4.69, 9.17) is 16.3 Å². The van der Waals surface area contributed by atoms with Gasteiger partial charge in [-0.05, 0) is 49.2 Å². The third-order valence-corrected chi connectivity index (χ3v) is 8.37. The molecule has 0 bridgehead atoms. The Morgan fingerprint density at radius 3 is 2.36 bits per heavy atom. The van der Waals surface area contributed by atoms with Crippen LogP contribution in [0.5, 0.6) is 5.75 Å². The maximum absolute atomic E-state index is 14.8. The summed E-state index contributed by atoms with van der Waals surface area (Å²) in [4.78, 5) is 0.0605. The molecule has 1 aliphatic heterocycles. The molecule has 1 saturated carbocycles. The van der Waals surface area contributed by atoms with Crippen molar-refractivity contribution < 1.29 is 21.9 Å². The van der Waals surface area contributed by atoms with Crippen molar-refractivity contribution in [1.82, 2.24) is 0 Å². The predicted molar refractivity (Wildman–Crippen MR) is 105 cm³/mol. The minimum Gasteiger partial charge on any atom is -0.490 e. The summed E-state index contributed by atoms with van der Waals surface area (Å²) in [5.74, 6) is -2.19. The Bertz CT molecular complexity index is 960. The molecule has 4 rings (SSSR count). The molecule has 1 heterocycles. The van der Waals surface area contributed by atoms with E-state index in [1.165, 1.54) is 24.3 Å². The zero-order chi connectivity index (χ0) is 20.5. The number of fused-ring (bicyclic) bond motifs is 3. The van der Waals surface area contributed by atoms with E-state index in [1.54, 1.807) is 0 Å². The molecule has 1 unspecified atom stereocenters. The summed E-state index contributed by atoms with van der Waals surface area (Å²) in [6, 6.07) is 7.78. The van der Waals surface area contributed by atoms with Crippen LogP contribution in [0.25, 0.3) is 0 Å². The Kier molecular flexibility index (Phi) is 6.01. The first-order valence-electron chi connectivity index (χ1n) is 9.49. The highest BCUT2D eigenvalue weighted by Crippen LogP contribution is 2.56. The van der Waals surface area contributed by atoms with Crippen molar-refractivity contribution in [3.63, 3.8) is 0 Å². The van der Waals surface area contributed by atoms with Crippen molar-refractivity contribution in [1.29, 1.82) is 0 Å². The normalized spacial score (nSPS) is 23.5.